The van der Waals surface area contributed by atoms with E-state index in [4.69, 9.17) is 5.11 Å². The number of rotatable bonds is 6. The molecule has 3 heteroatoms. The molecule has 0 heterocycles. The second-order valence-corrected chi connectivity index (χ2v) is 4.06. The minimum absolute atomic E-state index is 0.00744. The van der Waals surface area contributed by atoms with Crippen LogP contribution in [0, 0.1) is 0 Å². The van der Waals surface area contributed by atoms with Gasteiger partial charge in [-0.15, -0.1) is 0 Å². The normalized spacial score (nSPS) is 10.3. The van der Waals surface area contributed by atoms with Gasteiger partial charge in [0.05, 0.1) is 6.61 Å². The maximum Gasteiger partial charge on any atom is 0.253 e. The van der Waals surface area contributed by atoms with E-state index in [1.165, 1.54) is 5.56 Å². The molecule has 0 saturated carbocycles. The summed E-state index contributed by atoms with van der Waals surface area (Å²) >= 11 is 0. The molecule has 0 bridgehead atoms. The Morgan fingerprint density at radius 2 is 1.88 bits per heavy atom. The quantitative estimate of drug-likeness (QED) is 0.820. The van der Waals surface area contributed by atoms with E-state index in [2.05, 4.69) is 6.92 Å². The molecule has 0 spiro atoms. The minimum atomic E-state index is -0.00963. The first-order chi connectivity index (χ1) is 8.22. The Bertz CT molecular complexity index is 346. The average molecular weight is 235 g/mol. The van der Waals surface area contributed by atoms with Crippen LogP contribution < -0.4 is 0 Å². The molecule has 1 amide bonds. The van der Waals surface area contributed by atoms with Crippen LogP contribution in [0.15, 0.2) is 24.3 Å². The first kappa shape index (κ1) is 13.7. The van der Waals surface area contributed by atoms with Gasteiger partial charge in [-0.2, -0.15) is 0 Å². The van der Waals surface area contributed by atoms with Crippen LogP contribution in [-0.4, -0.2) is 35.6 Å². The summed E-state index contributed by atoms with van der Waals surface area (Å²) in [5.41, 5.74) is 1.95. The van der Waals surface area contributed by atoms with Gasteiger partial charge >= 0.3 is 0 Å². The maximum atomic E-state index is 12.0. The molecule has 0 aliphatic rings. The maximum absolute atomic E-state index is 12.0. The van der Waals surface area contributed by atoms with Crippen molar-refractivity contribution in [1.29, 1.82) is 0 Å². The van der Waals surface area contributed by atoms with Gasteiger partial charge in [0.15, 0.2) is 0 Å². The van der Waals surface area contributed by atoms with Gasteiger partial charge in [-0.25, -0.2) is 0 Å². The third-order valence-corrected chi connectivity index (χ3v) is 2.78. The molecule has 0 atom stereocenters. The Morgan fingerprint density at radius 3 is 2.35 bits per heavy atom. The highest BCUT2D eigenvalue weighted by atomic mass is 16.3. The Balaban J connectivity index is 2.74. The number of nitrogens with zero attached hydrogens (tertiary/aromatic N) is 1. The third-order valence-electron chi connectivity index (χ3n) is 2.78. The van der Waals surface area contributed by atoms with Gasteiger partial charge in [0.1, 0.15) is 0 Å². The number of likely N-dealkylation sites (N-methyl/N-ethyl adjacent to an activating group) is 1. The summed E-state index contributed by atoms with van der Waals surface area (Å²) < 4.78 is 0. The van der Waals surface area contributed by atoms with Crippen molar-refractivity contribution in [3.8, 4) is 0 Å². The monoisotopic (exact) mass is 235 g/mol. The number of hydrogen-bond acceptors (Lipinski definition) is 2. The molecule has 1 N–H and O–H groups in total. The molecular formula is C14H21NO2. The van der Waals surface area contributed by atoms with E-state index in [0.717, 1.165) is 12.8 Å². The number of aryl methyl sites for hydroxylation is 1. The molecule has 0 aliphatic carbocycles. The minimum Gasteiger partial charge on any atom is -0.395 e. The molecular weight excluding hydrogens is 214 g/mol. The summed E-state index contributed by atoms with van der Waals surface area (Å²) in [7, 11) is 0. The van der Waals surface area contributed by atoms with Gasteiger partial charge in [0, 0.05) is 18.7 Å². The average Bonchev–Trinajstić information content (AvgIpc) is 2.36. The molecule has 0 radical (unpaired) electrons. The van der Waals surface area contributed by atoms with Crippen molar-refractivity contribution >= 4 is 5.91 Å². The van der Waals surface area contributed by atoms with E-state index in [1.54, 1.807) is 4.90 Å². The van der Waals surface area contributed by atoms with Crippen molar-refractivity contribution in [2.24, 2.45) is 0 Å². The zero-order valence-corrected chi connectivity index (χ0v) is 10.6. The van der Waals surface area contributed by atoms with Crippen LogP contribution in [0.4, 0.5) is 0 Å². The lowest BCUT2D eigenvalue weighted by molar-refractivity contribution is 0.0732. The molecule has 0 aromatic heterocycles. The predicted molar refractivity (Wildman–Crippen MR) is 69.1 cm³/mol. The lowest BCUT2D eigenvalue weighted by Crippen LogP contribution is -2.33. The molecule has 3 nitrogen and oxygen atoms in total. The molecule has 94 valence electrons. The number of carbonyl (C=O) groups excluding carboxylic acids is 1. The topological polar surface area (TPSA) is 40.5 Å². The second-order valence-electron chi connectivity index (χ2n) is 4.06. The number of aliphatic hydroxyl groups is 1. The van der Waals surface area contributed by atoms with Gasteiger partial charge in [-0.1, -0.05) is 25.5 Å². The summed E-state index contributed by atoms with van der Waals surface area (Å²) in [5, 5.41) is 8.88. The van der Waals surface area contributed by atoms with Gasteiger partial charge in [0.2, 0.25) is 0 Å². The van der Waals surface area contributed by atoms with Crippen LogP contribution in [0.2, 0.25) is 0 Å². The van der Waals surface area contributed by atoms with Crippen LogP contribution in [0.1, 0.15) is 36.2 Å². The first-order valence-corrected chi connectivity index (χ1v) is 6.22. The van der Waals surface area contributed by atoms with Crippen LogP contribution >= 0.6 is 0 Å². The van der Waals surface area contributed by atoms with Crippen LogP contribution in [0.5, 0.6) is 0 Å². The Morgan fingerprint density at radius 1 is 1.24 bits per heavy atom. The van der Waals surface area contributed by atoms with E-state index < -0.39 is 0 Å². The fraction of sp³-hybridized carbons (Fsp3) is 0.500. The van der Waals surface area contributed by atoms with E-state index in [0.29, 0.717) is 18.7 Å². The Hall–Kier alpha value is -1.35. The molecule has 0 aliphatic heterocycles. The van der Waals surface area contributed by atoms with Crippen molar-refractivity contribution in [3.63, 3.8) is 0 Å². The van der Waals surface area contributed by atoms with Crippen molar-refractivity contribution in [2.75, 3.05) is 19.7 Å². The SMILES string of the molecule is CCCc1ccc(C(=O)N(CC)CCO)cc1. The lowest BCUT2D eigenvalue weighted by atomic mass is 10.1. The zero-order valence-electron chi connectivity index (χ0n) is 10.6. The predicted octanol–water partition coefficient (Wildman–Crippen LogP) is 2.09. The molecule has 17 heavy (non-hydrogen) atoms. The zero-order chi connectivity index (χ0) is 12.7. The fourth-order valence-electron chi connectivity index (χ4n) is 1.81. The van der Waals surface area contributed by atoms with Crippen LogP contribution in [0.3, 0.4) is 0 Å². The summed E-state index contributed by atoms with van der Waals surface area (Å²) in [6, 6.07) is 7.74. The lowest BCUT2D eigenvalue weighted by Gasteiger charge is -2.19. The number of hydrogen-bond donors (Lipinski definition) is 1. The Kier molecular flexibility index (Phi) is 5.70. The number of amides is 1. The summed E-state index contributed by atoms with van der Waals surface area (Å²) in [6.45, 7) is 5.08. The summed E-state index contributed by atoms with van der Waals surface area (Å²) in [5.74, 6) is -0.00963. The van der Waals surface area contributed by atoms with Gasteiger partial charge in [-0.05, 0) is 31.0 Å². The van der Waals surface area contributed by atoms with Gasteiger partial charge < -0.3 is 10.0 Å². The molecule has 0 unspecified atom stereocenters. The van der Waals surface area contributed by atoms with Crippen molar-refractivity contribution in [2.45, 2.75) is 26.7 Å². The smallest absolute Gasteiger partial charge is 0.253 e. The highest BCUT2D eigenvalue weighted by Crippen LogP contribution is 2.09. The van der Waals surface area contributed by atoms with E-state index in [-0.39, 0.29) is 12.5 Å². The molecule has 1 aromatic rings. The first-order valence-electron chi connectivity index (χ1n) is 6.22. The van der Waals surface area contributed by atoms with Crippen molar-refractivity contribution in [1.82, 2.24) is 4.90 Å². The van der Waals surface area contributed by atoms with E-state index >= 15 is 0 Å². The number of aliphatic hydroxyl groups excluding tert-OH is 1. The fourth-order valence-corrected chi connectivity index (χ4v) is 1.81. The van der Waals surface area contributed by atoms with E-state index in [9.17, 15) is 4.79 Å². The standard InChI is InChI=1S/C14H21NO2/c1-3-5-12-6-8-13(9-7-12)14(17)15(4-2)10-11-16/h6-9,16H,3-5,10-11H2,1-2H3. The van der Waals surface area contributed by atoms with Gasteiger partial charge in [-0.3, -0.25) is 4.79 Å². The van der Waals surface area contributed by atoms with Crippen molar-refractivity contribution < 1.29 is 9.90 Å². The largest absolute Gasteiger partial charge is 0.395 e. The molecule has 0 fully saturated rings. The molecule has 1 aromatic carbocycles. The van der Waals surface area contributed by atoms with Crippen LogP contribution in [-0.2, 0) is 6.42 Å². The molecule has 0 saturated heterocycles. The number of benzene rings is 1. The third kappa shape index (κ3) is 3.86. The Labute approximate surface area is 103 Å². The van der Waals surface area contributed by atoms with Crippen LogP contribution in [0.25, 0.3) is 0 Å². The van der Waals surface area contributed by atoms with Crippen molar-refractivity contribution in [3.05, 3.63) is 35.4 Å². The highest BCUT2D eigenvalue weighted by Gasteiger charge is 2.12. The number of carbonyl (C=O) groups is 1. The van der Waals surface area contributed by atoms with Gasteiger partial charge in [0.25, 0.3) is 5.91 Å². The second kappa shape index (κ2) is 7.07. The summed E-state index contributed by atoms with van der Waals surface area (Å²) in [4.78, 5) is 13.7. The highest BCUT2D eigenvalue weighted by molar-refractivity contribution is 5.94. The summed E-state index contributed by atoms with van der Waals surface area (Å²) in [6.07, 6.45) is 2.15. The van der Waals surface area contributed by atoms with E-state index in [1.807, 2.05) is 31.2 Å². The molecule has 1 rings (SSSR count).